The van der Waals surface area contributed by atoms with E-state index in [1.807, 2.05) is 36.4 Å². The minimum atomic E-state index is 0.627. The average Bonchev–Trinajstić information content (AvgIpc) is 2.66. The normalized spacial score (nSPS) is 9.85. The molecule has 0 bridgehead atoms. The third-order valence-electron chi connectivity index (χ3n) is 4.06. The summed E-state index contributed by atoms with van der Waals surface area (Å²) in [5.41, 5.74) is 6.42. The molecule has 3 aromatic carbocycles. The van der Waals surface area contributed by atoms with Gasteiger partial charge in [-0.25, -0.2) is 9.79 Å². The number of hydrogen-bond acceptors (Lipinski definition) is 3. The minimum Gasteiger partial charge on any atom is -0.211 e. The fourth-order valence-corrected chi connectivity index (χ4v) is 2.84. The van der Waals surface area contributed by atoms with Crippen LogP contribution in [0.2, 0.25) is 0 Å². The third-order valence-corrected chi connectivity index (χ3v) is 4.06. The second-order valence-corrected chi connectivity index (χ2v) is 5.98. The van der Waals surface area contributed by atoms with E-state index in [-0.39, 0.29) is 0 Å². The predicted octanol–water partition coefficient (Wildman–Crippen LogP) is 5.32. The lowest BCUT2D eigenvalue weighted by Crippen LogP contribution is -1.92. The molecule has 0 aliphatic heterocycles. The molecular weight excluding hydrogens is 320 g/mol. The van der Waals surface area contributed by atoms with Gasteiger partial charge in [-0.3, -0.25) is 0 Å². The molecule has 0 spiro atoms. The summed E-state index contributed by atoms with van der Waals surface area (Å²) in [6, 6.07) is 24.3. The topological polar surface area (TPSA) is 41.8 Å². The fraction of sp³-hybridized carbons (Fsp3) is 0.0870. The van der Waals surface area contributed by atoms with Gasteiger partial charge >= 0.3 is 0 Å². The van der Waals surface area contributed by atoms with Gasteiger partial charge in [-0.05, 0) is 71.8 Å². The molecule has 0 aromatic heterocycles. The number of hydrogen-bond donors (Lipinski definition) is 0. The van der Waals surface area contributed by atoms with Crippen LogP contribution >= 0.6 is 0 Å². The first-order chi connectivity index (χ1) is 12.8. The van der Waals surface area contributed by atoms with Crippen LogP contribution in [0.25, 0.3) is 0 Å². The summed E-state index contributed by atoms with van der Waals surface area (Å²) in [4.78, 5) is 17.9. The molecular formula is C23H18N2O. The van der Waals surface area contributed by atoms with Gasteiger partial charge in [-0.1, -0.05) is 48.5 Å². The molecule has 0 aliphatic rings. The number of rotatable bonds is 6. The monoisotopic (exact) mass is 338 g/mol. The van der Waals surface area contributed by atoms with E-state index < -0.39 is 0 Å². The van der Waals surface area contributed by atoms with Gasteiger partial charge in [0, 0.05) is 0 Å². The van der Waals surface area contributed by atoms with Gasteiger partial charge < -0.3 is 0 Å². The zero-order valence-electron chi connectivity index (χ0n) is 14.4. The van der Waals surface area contributed by atoms with Gasteiger partial charge in [-0.2, -0.15) is 4.99 Å². The molecule has 0 aliphatic carbocycles. The summed E-state index contributed by atoms with van der Waals surface area (Å²) in [6.07, 6.45) is 3.27. The first kappa shape index (κ1) is 17.3. The van der Waals surface area contributed by atoms with Crippen LogP contribution < -0.4 is 0 Å². The van der Waals surface area contributed by atoms with Gasteiger partial charge in [0.25, 0.3) is 0 Å². The first-order valence-electron chi connectivity index (χ1n) is 8.33. The lowest BCUT2D eigenvalue weighted by Gasteiger charge is -2.07. The van der Waals surface area contributed by atoms with Gasteiger partial charge in [0.2, 0.25) is 6.08 Å². The molecule has 0 saturated carbocycles. The highest BCUT2D eigenvalue weighted by Gasteiger charge is 2.01. The highest BCUT2D eigenvalue weighted by atomic mass is 16.1. The largest absolute Gasteiger partial charge is 0.240 e. The maximum Gasteiger partial charge on any atom is 0.240 e. The minimum absolute atomic E-state index is 0.627. The maximum atomic E-state index is 10.3. The second-order valence-electron chi connectivity index (χ2n) is 5.98. The SMILES string of the molecule is C=C=Nc1ccc(Cc2cccc(Cc3ccc(N=C=O)cc3)c2)cc1. The maximum absolute atomic E-state index is 10.3. The van der Waals surface area contributed by atoms with Crippen LogP contribution in [-0.4, -0.2) is 11.9 Å². The summed E-state index contributed by atoms with van der Waals surface area (Å²) < 4.78 is 0. The third kappa shape index (κ3) is 4.75. The van der Waals surface area contributed by atoms with Crippen molar-refractivity contribution >= 4 is 23.3 Å². The quantitative estimate of drug-likeness (QED) is 0.443. The summed E-state index contributed by atoms with van der Waals surface area (Å²) in [6.45, 7) is 3.49. The molecule has 0 radical (unpaired) electrons. The van der Waals surface area contributed by atoms with Crippen LogP contribution in [-0.2, 0) is 17.6 Å². The number of nitrogens with zero attached hydrogens (tertiary/aromatic N) is 2. The number of carbonyl (C=O) groups excluding carboxylic acids is 1. The Morgan fingerprint density at radius 2 is 1.19 bits per heavy atom. The van der Waals surface area contributed by atoms with E-state index >= 15 is 0 Å². The van der Waals surface area contributed by atoms with Crippen LogP contribution in [0.5, 0.6) is 0 Å². The van der Waals surface area contributed by atoms with E-state index in [9.17, 15) is 4.79 Å². The Labute approximate surface area is 153 Å². The standard InChI is InChI=1S/C23H18N2O/c1-2-24-22-10-6-18(7-11-22)14-20-4-3-5-21(16-20)15-19-8-12-23(13-9-19)25-17-26/h3-13,16H,1,14-15H2. The van der Waals surface area contributed by atoms with Gasteiger partial charge in [0.15, 0.2) is 0 Å². The molecule has 3 aromatic rings. The molecule has 126 valence electrons. The van der Waals surface area contributed by atoms with Crippen molar-refractivity contribution in [1.29, 1.82) is 0 Å². The van der Waals surface area contributed by atoms with E-state index in [1.54, 1.807) is 6.08 Å². The molecule has 0 unspecified atom stereocenters. The molecule has 3 heteroatoms. The van der Waals surface area contributed by atoms with Gasteiger partial charge in [0.05, 0.1) is 11.4 Å². The Hall–Kier alpha value is -3.51. The molecule has 3 rings (SSSR count). The Morgan fingerprint density at radius 1 is 0.692 bits per heavy atom. The van der Waals surface area contributed by atoms with E-state index in [0.717, 1.165) is 18.5 Å². The summed E-state index contributed by atoms with van der Waals surface area (Å²) >= 11 is 0. The van der Waals surface area contributed by atoms with Crippen molar-refractivity contribution in [2.24, 2.45) is 9.98 Å². The Kier molecular flexibility index (Phi) is 5.69. The van der Waals surface area contributed by atoms with Crippen LogP contribution in [0.15, 0.2) is 89.4 Å². The lowest BCUT2D eigenvalue weighted by molar-refractivity contribution is 0.565. The molecule has 0 fully saturated rings. The van der Waals surface area contributed by atoms with Crippen LogP contribution in [0.1, 0.15) is 22.3 Å². The van der Waals surface area contributed by atoms with Crippen molar-refractivity contribution in [3.8, 4) is 0 Å². The molecule has 0 saturated heterocycles. The van der Waals surface area contributed by atoms with E-state index in [0.29, 0.717) is 5.69 Å². The number of isocyanates is 1. The van der Waals surface area contributed by atoms with Crippen molar-refractivity contribution < 1.29 is 4.79 Å². The van der Waals surface area contributed by atoms with Gasteiger partial charge in [-0.15, -0.1) is 0 Å². The predicted molar refractivity (Wildman–Crippen MR) is 105 cm³/mol. The van der Waals surface area contributed by atoms with E-state index in [2.05, 4.69) is 58.8 Å². The second kappa shape index (κ2) is 8.55. The Morgan fingerprint density at radius 3 is 1.65 bits per heavy atom. The van der Waals surface area contributed by atoms with Crippen LogP contribution in [0.4, 0.5) is 11.4 Å². The molecule has 26 heavy (non-hydrogen) atoms. The average molecular weight is 338 g/mol. The zero-order chi connectivity index (χ0) is 18.2. The van der Waals surface area contributed by atoms with Crippen molar-refractivity contribution in [3.63, 3.8) is 0 Å². The molecule has 3 nitrogen and oxygen atoms in total. The Bertz CT molecular complexity index is 897. The molecule has 0 atom stereocenters. The highest BCUT2D eigenvalue weighted by molar-refractivity contribution is 5.55. The van der Waals surface area contributed by atoms with E-state index in [4.69, 9.17) is 0 Å². The van der Waals surface area contributed by atoms with Crippen molar-refractivity contribution in [3.05, 3.63) is 102 Å². The zero-order valence-corrected chi connectivity index (χ0v) is 14.4. The molecule has 0 amide bonds. The first-order valence-corrected chi connectivity index (χ1v) is 8.33. The smallest absolute Gasteiger partial charge is 0.211 e. The van der Waals surface area contributed by atoms with Crippen molar-refractivity contribution in [2.45, 2.75) is 12.8 Å². The van der Waals surface area contributed by atoms with E-state index in [1.165, 1.54) is 22.3 Å². The highest BCUT2D eigenvalue weighted by Crippen LogP contribution is 2.19. The molecule has 0 heterocycles. The lowest BCUT2D eigenvalue weighted by atomic mass is 9.99. The number of benzene rings is 3. The Balaban J connectivity index is 1.71. The summed E-state index contributed by atoms with van der Waals surface area (Å²) in [7, 11) is 0. The summed E-state index contributed by atoms with van der Waals surface area (Å²) in [5.74, 6) is 2.54. The summed E-state index contributed by atoms with van der Waals surface area (Å²) in [5, 5.41) is 0. The van der Waals surface area contributed by atoms with Crippen molar-refractivity contribution in [2.75, 3.05) is 0 Å². The van der Waals surface area contributed by atoms with Gasteiger partial charge in [0.1, 0.15) is 0 Å². The molecule has 0 N–H and O–H groups in total. The van der Waals surface area contributed by atoms with Crippen LogP contribution in [0, 0.1) is 0 Å². The fourth-order valence-electron chi connectivity index (χ4n) is 2.84. The number of aliphatic imine (C=N–C) groups is 2. The van der Waals surface area contributed by atoms with Crippen molar-refractivity contribution in [1.82, 2.24) is 0 Å². The van der Waals surface area contributed by atoms with Crippen LogP contribution in [0.3, 0.4) is 0 Å².